The maximum Gasteiger partial charge on any atom is 0.119 e. The number of rotatable bonds is 7. The molecule has 1 fully saturated rings. The molecular weight excluding hydrogens is 264 g/mol. The molecule has 1 saturated heterocycles. The molecule has 0 bridgehead atoms. The Bertz CT molecular complexity index is 423. The molecule has 118 valence electrons. The average Bonchev–Trinajstić information content (AvgIpc) is 2.50. The zero-order chi connectivity index (χ0) is 15.1. The van der Waals surface area contributed by atoms with E-state index in [1.165, 1.54) is 18.4 Å². The summed E-state index contributed by atoms with van der Waals surface area (Å²) in [4.78, 5) is 2.50. The van der Waals surface area contributed by atoms with Crippen LogP contribution < -0.4 is 10.5 Å². The van der Waals surface area contributed by atoms with Gasteiger partial charge in [0.05, 0.1) is 13.2 Å². The molecule has 1 aliphatic rings. The van der Waals surface area contributed by atoms with Crippen LogP contribution in [0.2, 0.25) is 0 Å². The first kappa shape index (κ1) is 16.3. The van der Waals surface area contributed by atoms with E-state index in [0.717, 1.165) is 25.4 Å². The van der Waals surface area contributed by atoms with Gasteiger partial charge >= 0.3 is 0 Å². The van der Waals surface area contributed by atoms with Crippen LogP contribution in [0.4, 0.5) is 0 Å². The molecule has 0 aromatic heterocycles. The van der Waals surface area contributed by atoms with Crippen LogP contribution >= 0.6 is 0 Å². The Morgan fingerprint density at radius 1 is 1.43 bits per heavy atom. The number of piperidine rings is 1. The van der Waals surface area contributed by atoms with Gasteiger partial charge in [-0.15, -0.1) is 0 Å². The molecule has 0 radical (unpaired) electrons. The lowest BCUT2D eigenvalue weighted by atomic mass is 9.95. The van der Waals surface area contributed by atoms with Gasteiger partial charge in [-0.25, -0.2) is 0 Å². The van der Waals surface area contributed by atoms with Crippen LogP contribution in [-0.4, -0.2) is 44.9 Å². The highest BCUT2D eigenvalue weighted by molar-refractivity contribution is 5.31. The SMILES string of the molecule is CCOc1cccc(C(CN)N2CCCC(COC)C2)c1. The van der Waals surface area contributed by atoms with Crippen molar-refractivity contribution < 1.29 is 9.47 Å². The molecule has 0 amide bonds. The molecule has 1 heterocycles. The minimum Gasteiger partial charge on any atom is -0.494 e. The van der Waals surface area contributed by atoms with Crippen molar-refractivity contribution in [2.75, 3.05) is 40.0 Å². The van der Waals surface area contributed by atoms with Crippen molar-refractivity contribution >= 4 is 0 Å². The van der Waals surface area contributed by atoms with E-state index in [4.69, 9.17) is 15.2 Å². The Labute approximate surface area is 128 Å². The highest BCUT2D eigenvalue weighted by Gasteiger charge is 2.26. The van der Waals surface area contributed by atoms with Crippen LogP contribution in [0.25, 0.3) is 0 Å². The van der Waals surface area contributed by atoms with Crippen molar-refractivity contribution in [1.82, 2.24) is 4.90 Å². The van der Waals surface area contributed by atoms with Crippen molar-refractivity contribution in [2.24, 2.45) is 11.7 Å². The number of nitrogens with two attached hydrogens (primary N) is 1. The van der Waals surface area contributed by atoms with E-state index in [2.05, 4.69) is 23.1 Å². The molecule has 2 atom stereocenters. The van der Waals surface area contributed by atoms with Crippen molar-refractivity contribution in [2.45, 2.75) is 25.8 Å². The van der Waals surface area contributed by atoms with Crippen LogP contribution in [0.5, 0.6) is 5.75 Å². The fourth-order valence-corrected chi connectivity index (χ4v) is 3.23. The van der Waals surface area contributed by atoms with Crippen molar-refractivity contribution in [3.05, 3.63) is 29.8 Å². The van der Waals surface area contributed by atoms with Gasteiger partial charge in [0.15, 0.2) is 0 Å². The second-order valence-electron chi connectivity index (χ2n) is 5.72. The molecule has 2 N–H and O–H groups in total. The zero-order valence-electron chi connectivity index (χ0n) is 13.3. The van der Waals surface area contributed by atoms with Crippen LogP contribution in [0.15, 0.2) is 24.3 Å². The fourth-order valence-electron chi connectivity index (χ4n) is 3.23. The summed E-state index contributed by atoms with van der Waals surface area (Å²) in [7, 11) is 1.78. The molecule has 4 nitrogen and oxygen atoms in total. The standard InChI is InChI=1S/C17H28N2O2/c1-3-21-16-8-4-7-15(10-16)17(11-18)19-9-5-6-14(12-19)13-20-2/h4,7-8,10,14,17H,3,5-6,9,11-13,18H2,1-2H3. The highest BCUT2D eigenvalue weighted by atomic mass is 16.5. The zero-order valence-corrected chi connectivity index (χ0v) is 13.3. The first-order chi connectivity index (χ1) is 10.3. The molecule has 1 aliphatic heterocycles. The Morgan fingerprint density at radius 2 is 2.29 bits per heavy atom. The third kappa shape index (κ3) is 4.43. The molecular formula is C17H28N2O2. The number of benzene rings is 1. The molecule has 2 rings (SSSR count). The molecule has 21 heavy (non-hydrogen) atoms. The Kier molecular flexibility index (Phi) is 6.49. The number of methoxy groups -OCH3 is 1. The summed E-state index contributed by atoms with van der Waals surface area (Å²) < 4.78 is 10.9. The lowest BCUT2D eigenvalue weighted by Crippen LogP contribution is -2.42. The van der Waals surface area contributed by atoms with Gasteiger partial charge in [0.1, 0.15) is 5.75 Å². The lowest BCUT2D eigenvalue weighted by molar-refractivity contribution is 0.0696. The monoisotopic (exact) mass is 292 g/mol. The number of hydrogen-bond acceptors (Lipinski definition) is 4. The number of ether oxygens (including phenoxy) is 2. The van der Waals surface area contributed by atoms with Gasteiger partial charge in [-0.3, -0.25) is 4.90 Å². The van der Waals surface area contributed by atoms with E-state index >= 15 is 0 Å². The smallest absolute Gasteiger partial charge is 0.119 e. The summed E-state index contributed by atoms with van der Waals surface area (Å²) in [6.45, 7) is 6.35. The van der Waals surface area contributed by atoms with E-state index in [1.807, 2.05) is 13.0 Å². The van der Waals surface area contributed by atoms with Crippen LogP contribution in [0.3, 0.4) is 0 Å². The van der Waals surface area contributed by atoms with E-state index in [1.54, 1.807) is 7.11 Å². The van der Waals surface area contributed by atoms with E-state index < -0.39 is 0 Å². The van der Waals surface area contributed by atoms with Gasteiger partial charge in [-0.1, -0.05) is 12.1 Å². The second-order valence-corrected chi connectivity index (χ2v) is 5.72. The minimum atomic E-state index is 0.269. The van der Waals surface area contributed by atoms with Gasteiger partial charge < -0.3 is 15.2 Å². The van der Waals surface area contributed by atoms with Gasteiger partial charge in [0, 0.05) is 26.2 Å². The van der Waals surface area contributed by atoms with Gasteiger partial charge in [0.25, 0.3) is 0 Å². The third-order valence-corrected chi connectivity index (χ3v) is 4.17. The van der Waals surface area contributed by atoms with Gasteiger partial charge in [-0.05, 0) is 49.9 Å². The largest absolute Gasteiger partial charge is 0.494 e. The molecule has 1 aromatic rings. The predicted molar refractivity (Wildman–Crippen MR) is 85.6 cm³/mol. The first-order valence-corrected chi connectivity index (χ1v) is 7.94. The summed E-state index contributed by atoms with van der Waals surface area (Å²) in [5.74, 6) is 1.55. The second kappa shape index (κ2) is 8.37. The van der Waals surface area contributed by atoms with Crippen LogP contribution in [0, 0.1) is 5.92 Å². The normalized spacial score (nSPS) is 21.2. The molecule has 1 aromatic carbocycles. The van der Waals surface area contributed by atoms with E-state index in [0.29, 0.717) is 19.1 Å². The summed E-state index contributed by atoms with van der Waals surface area (Å²) in [5.41, 5.74) is 7.32. The fraction of sp³-hybridized carbons (Fsp3) is 0.647. The molecule has 4 heteroatoms. The molecule has 0 spiro atoms. The van der Waals surface area contributed by atoms with Gasteiger partial charge in [-0.2, -0.15) is 0 Å². The maximum absolute atomic E-state index is 6.07. The number of nitrogens with zero attached hydrogens (tertiary/aromatic N) is 1. The van der Waals surface area contributed by atoms with Crippen molar-refractivity contribution in [3.8, 4) is 5.75 Å². The maximum atomic E-state index is 6.07. The first-order valence-electron chi connectivity index (χ1n) is 7.94. The topological polar surface area (TPSA) is 47.7 Å². The summed E-state index contributed by atoms with van der Waals surface area (Å²) >= 11 is 0. The van der Waals surface area contributed by atoms with Crippen LogP contribution in [-0.2, 0) is 4.74 Å². The van der Waals surface area contributed by atoms with E-state index in [-0.39, 0.29) is 6.04 Å². The van der Waals surface area contributed by atoms with Crippen LogP contribution in [0.1, 0.15) is 31.4 Å². The molecule has 0 saturated carbocycles. The molecule has 0 aliphatic carbocycles. The Morgan fingerprint density at radius 3 is 3.00 bits per heavy atom. The van der Waals surface area contributed by atoms with Crippen molar-refractivity contribution in [3.63, 3.8) is 0 Å². The third-order valence-electron chi connectivity index (χ3n) is 4.17. The Balaban J connectivity index is 2.09. The molecule has 2 unspecified atom stereocenters. The van der Waals surface area contributed by atoms with E-state index in [9.17, 15) is 0 Å². The summed E-state index contributed by atoms with van der Waals surface area (Å²) in [6, 6.07) is 8.61. The van der Waals surface area contributed by atoms with Crippen molar-refractivity contribution in [1.29, 1.82) is 0 Å². The Hall–Kier alpha value is -1.10. The van der Waals surface area contributed by atoms with Gasteiger partial charge in [0.2, 0.25) is 0 Å². The minimum absolute atomic E-state index is 0.269. The summed E-state index contributed by atoms with van der Waals surface area (Å²) in [5, 5.41) is 0. The number of likely N-dealkylation sites (tertiary alicyclic amines) is 1. The number of hydrogen-bond donors (Lipinski definition) is 1. The quantitative estimate of drug-likeness (QED) is 0.838. The average molecular weight is 292 g/mol. The predicted octanol–water partition coefficient (Wildman–Crippen LogP) is 2.44. The lowest BCUT2D eigenvalue weighted by Gasteiger charge is -2.38. The highest BCUT2D eigenvalue weighted by Crippen LogP contribution is 2.28. The summed E-state index contributed by atoms with van der Waals surface area (Å²) in [6.07, 6.45) is 2.47.